The van der Waals surface area contributed by atoms with Crippen molar-refractivity contribution >= 4 is 23.6 Å². The van der Waals surface area contributed by atoms with Crippen molar-refractivity contribution in [1.29, 1.82) is 5.41 Å². The van der Waals surface area contributed by atoms with Crippen molar-refractivity contribution in [2.24, 2.45) is 5.73 Å². The third-order valence-corrected chi connectivity index (χ3v) is 5.61. The molecule has 0 radical (unpaired) electrons. The van der Waals surface area contributed by atoms with Gasteiger partial charge in [-0.25, -0.2) is 4.39 Å². The van der Waals surface area contributed by atoms with Crippen molar-refractivity contribution in [3.8, 4) is 5.75 Å². The molecule has 2 aromatic rings. The summed E-state index contributed by atoms with van der Waals surface area (Å²) in [6, 6.07) is 11.5. The zero-order chi connectivity index (χ0) is 24.7. The molecule has 1 saturated heterocycles. The minimum Gasteiger partial charge on any atom is -0.494 e. The van der Waals surface area contributed by atoms with Crippen LogP contribution in [0.1, 0.15) is 36.4 Å². The molecular weight excluding hydrogens is 443 g/mol. The monoisotopic (exact) mass is 470 g/mol. The second kappa shape index (κ2) is 11.3. The summed E-state index contributed by atoms with van der Waals surface area (Å²) in [5, 5.41) is 16.7. The Bertz CT molecular complexity index is 1060. The van der Waals surface area contributed by atoms with Gasteiger partial charge in [0.15, 0.2) is 0 Å². The van der Waals surface area contributed by atoms with E-state index in [2.05, 4.69) is 0 Å². The van der Waals surface area contributed by atoms with Crippen LogP contribution in [-0.2, 0) is 14.4 Å². The van der Waals surface area contributed by atoms with Crippen molar-refractivity contribution in [2.45, 2.75) is 25.3 Å². The molecule has 180 valence electrons. The Morgan fingerprint density at radius 1 is 1.09 bits per heavy atom. The molecule has 9 nitrogen and oxygen atoms in total. The van der Waals surface area contributed by atoms with Gasteiger partial charge in [0.1, 0.15) is 17.4 Å². The summed E-state index contributed by atoms with van der Waals surface area (Å²) in [7, 11) is 0. The van der Waals surface area contributed by atoms with E-state index in [1.165, 1.54) is 23.1 Å². The van der Waals surface area contributed by atoms with Crippen molar-refractivity contribution in [1.82, 2.24) is 9.80 Å². The van der Waals surface area contributed by atoms with Gasteiger partial charge in [-0.15, -0.1) is 0 Å². The molecule has 10 heteroatoms. The number of rotatable bonds is 11. The van der Waals surface area contributed by atoms with E-state index in [-0.39, 0.29) is 24.5 Å². The molecule has 2 aromatic carbocycles. The van der Waals surface area contributed by atoms with Crippen molar-refractivity contribution in [2.75, 3.05) is 26.2 Å². The van der Waals surface area contributed by atoms with Crippen LogP contribution in [0.2, 0.25) is 0 Å². The number of halogens is 1. The maximum Gasteiger partial charge on any atom is 0.312 e. The molecule has 34 heavy (non-hydrogen) atoms. The van der Waals surface area contributed by atoms with Gasteiger partial charge in [-0.05, 0) is 43.2 Å². The van der Waals surface area contributed by atoms with E-state index in [0.717, 1.165) is 4.90 Å². The van der Waals surface area contributed by atoms with E-state index in [1.807, 2.05) is 0 Å². The van der Waals surface area contributed by atoms with Gasteiger partial charge in [-0.1, -0.05) is 18.2 Å². The fourth-order valence-electron chi connectivity index (χ4n) is 3.82. The summed E-state index contributed by atoms with van der Waals surface area (Å²) in [5.41, 5.74) is 6.10. The summed E-state index contributed by atoms with van der Waals surface area (Å²) in [4.78, 5) is 39.4. The lowest BCUT2D eigenvalue weighted by atomic mass is 10.00. The highest BCUT2D eigenvalue weighted by Crippen LogP contribution is 2.28. The molecule has 1 fully saturated rings. The van der Waals surface area contributed by atoms with Gasteiger partial charge in [-0.3, -0.25) is 19.8 Å². The van der Waals surface area contributed by atoms with Crippen LogP contribution in [0.3, 0.4) is 0 Å². The van der Waals surface area contributed by atoms with Gasteiger partial charge in [0, 0.05) is 30.8 Å². The standard InChI is InChI=1S/C24H27FN4O5/c25-19-6-2-1-5-18(19)20(15-21(30)31)29-13-12-28(23(32)24(29)33)11-3-4-14-34-17-9-7-16(8-10-17)22(26)27/h1-2,5-10,20H,3-4,11-15H2,(H3,26,27)(H,30,31). The van der Waals surface area contributed by atoms with Crippen LogP contribution < -0.4 is 10.5 Å². The molecular formula is C24H27FN4O5. The van der Waals surface area contributed by atoms with Gasteiger partial charge in [0.25, 0.3) is 0 Å². The SMILES string of the molecule is N=C(N)c1ccc(OCCCCN2CCN(C(CC(=O)O)c3ccccc3F)C(=O)C2=O)cc1. The van der Waals surface area contributed by atoms with E-state index in [4.69, 9.17) is 15.9 Å². The van der Waals surface area contributed by atoms with Crippen LogP contribution in [0, 0.1) is 11.2 Å². The van der Waals surface area contributed by atoms with E-state index >= 15 is 0 Å². The highest BCUT2D eigenvalue weighted by atomic mass is 19.1. The summed E-state index contributed by atoms with van der Waals surface area (Å²) in [6.45, 7) is 1.13. The topological polar surface area (TPSA) is 137 Å². The Morgan fingerprint density at radius 2 is 1.79 bits per heavy atom. The average Bonchev–Trinajstić information content (AvgIpc) is 2.81. The first-order valence-corrected chi connectivity index (χ1v) is 10.9. The molecule has 0 bridgehead atoms. The predicted molar refractivity (Wildman–Crippen MR) is 122 cm³/mol. The first-order valence-electron chi connectivity index (χ1n) is 10.9. The number of unbranched alkanes of at least 4 members (excludes halogenated alkanes) is 1. The number of carbonyl (C=O) groups excluding carboxylic acids is 2. The van der Waals surface area contributed by atoms with Crippen molar-refractivity contribution in [3.63, 3.8) is 0 Å². The number of piperazine rings is 1. The fraction of sp³-hybridized carbons (Fsp3) is 0.333. The summed E-state index contributed by atoms with van der Waals surface area (Å²) >= 11 is 0. The number of nitrogen functional groups attached to an aromatic ring is 1. The average molecular weight is 471 g/mol. The Balaban J connectivity index is 1.51. The van der Waals surface area contributed by atoms with Crippen LogP contribution in [0.5, 0.6) is 5.75 Å². The molecule has 1 aliphatic heterocycles. The highest BCUT2D eigenvalue weighted by molar-refractivity contribution is 6.35. The number of carbonyl (C=O) groups is 3. The summed E-state index contributed by atoms with van der Waals surface area (Å²) < 4.78 is 20.0. The number of hydrogen-bond donors (Lipinski definition) is 3. The number of ether oxygens (including phenoxy) is 1. The van der Waals surface area contributed by atoms with E-state index in [9.17, 15) is 23.9 Å². The van der Waals surface area contributed by atoms with Gasteiger partial charge >= 0.3 is 17.8 Å². The molecule has 0 aliphatic carbocycles. The van der Waals surface area contributed by atoms with E-state index in [0.29, 0.717) is 37.3 Å². The molecule has 1 unspecified atom stereocenters. The fourth-order valence-corrected chi connectivity index (χ4v) is 3.82. The largest absolute Gasteiger partial charge is 0.494 e. The second-order valence-electron chi connectivity index (χ2n) is 7.92. The minimum atomic E-state index is -1.19. The molecule has 4 N–H and O–H groups in total. The Hall–Kier alpha value is -3.95. The Labute approximate surface area is 196 Å². The zero-order valence-corrected chi connectivity index (χ0v) is 18.6. The summed E-state index contributed by atoms with van der Waals surface area (Å²) in [5.74, 6) is -2.74. The number of nitrogens with one attached hydrogen (secondary N) is 1. The lowest BCUT2D eigenvalue weighted by Gasteiger charge is -2.38. The minimum absolute atomic E-state index is 0.0194. The van der Waals surface area contributed by atoms with Crippen LogP contribution in [-0.4, -0.2) is 64.8 Å². The lowest BCUT2D eigenvalue weighted by molar-refractivity contribution is -0.159. The van der Waals surface area contributed by atoms with Gasteiger partial charge in [0.05, 0.1) is 19.1 Å². The smallest absolute Gasteiger partial charge is 0.312 e. The molecule has 2 amide bonds. The molecule has 3 rings (SSSR count). The normalized spacial score (nSPS) is 14.7. The Kier molecular flexibility index (Phi) is 8.18. The molecule has 1 heterocycles. The van der Waals surface area contributed by atoms with Crippen LogP contribution in [0.4, 0.5) is 4.39 Å². The first-order chi connectivity index (χ1) is 16.3. The molecule has 0 spiro atoms. The van der Waals surface area contributed by atoms with E-state index in [1.54, 1.807) is 30.3 Å². The second-order valence-corrected chi connectivity index (χ2v) is 7.92. The number of amides is 2. The van der Waals surface area contributed by atoms with Gasteiger partial charge in [0.2, 0.25) is 0 Å². The molecule has 1 aliphatic rings. The highest BCUT2D eigenvalue weighted by Gasteiger charge is 2.38. The third-order valence-electron chi connectivity index (χ3n) is 5.61. The number of amidine groups is 1. The zero-order valence-electron chi connectivity index (χ0n) is 18.6. The number of carboxylic acid groups (broad SMARTS) is 1. The van der Waals surface area contributed by atoms with E-state index < -0.39 is 36.1 Å². The molecule has 0 aromatic heterocycles. The van der Waals surface area contributed by atoms with Gasteiger partial charge in [-0.2, -0.15) is 0 Å². The maximum atomic E-state index is 14.3. The number of carboxylic acids is 1. The number of aliphatic carboxylic acids is 1. The van der Waals surface area contributed by atoms with Gasteiger partial charge < -0.3 is 25.4 Å². The Morgan fingerprint density at radius 3 is 2.44 bits per heavy atom. The van der Waals surface area contributed by atoms with Crippen LogP contribution >= 0.6 is 0 Å². The number of hydrogen-bond acceptors (Lipinski definition) is 5. The van der Waals surface area contributed by atoms with Crippen LogP contribution in [0.15, 0.2) is 48.5 Å². The lowest BCUT2D eigenvalue weighted by Crippen LogP contribution is -2.55. The molecule has 1 atom stereocenters. The maximum absolute atomic E-state index is 14.3. The third kappa shape index (κ3) is 6.09. The number of benzene rings is 2. The van der Waals surface area contributed by atoms with Crippen molar-refractivity contribution in [3.05, 3.63) is 65.5 Å². The number of nitrogens with zero attached hydrogens (tertiary/aromatic N) is 2. The van der Waals surface area contributed by atoms with Crippen LogP contribution in [0.25, 0.3) is 0 Å². The van der Waals surface area contributed by atoms with Crippen molar-refractivity contribution < 1.29 is 28.6 Å². The molecule has 0 saturated carbocycles. The number of nitrogens with two attached hydrogens (primary N) is 1. The summed E-state index contributed by atoms with van der Waals surface area (Å²) in [6.07, 6.45) is 0.758. The quantitative estimate of drug-likeness (QED) is 0.199. The first kappa shape index (κ1) is 24.7. The predicted octanol–water partition coefficient (Wildman–Crippen LogP) is 2.16.